The molecule has 114 valence electrons. The number of nitrogens with two attached hydrogens (primary N) is 1. The molecule has 3 rings (SSSR count). The molecule has 1 aromatic heterocycles. The molecule has 1 aliphatic rings. The summed E-state index contributed by atoms with van der Waals surface area (Å²) in [5, 5.41) is 8.01. The van der Waals surface area contributed by atoms with E-state index in [1.165, 1.54) is 6.07 Å². The van der Waals surface area contributed by atoms with Gasteiger partial charge < -0.3 is 11.1 Å². The third-order valence-corrected chi connectivity index (χ3v) is 4.03. The number of hydrogen-bond donors (Lipinski definition) is 2. The van der Waals surface area contributed by atoms with E-state index in [-0.39, 0.29) is 11.7 Å². The monoisotopic (exact) mass is 298 g/mol. The smallest absolute Gasteiger partial charge is 0.162 e. The maximum atomic E-state index is 14.2. The Kier molecular flexibility index (Phi) is 3.64. The highest BCUT2D eigenvalue weighted by Crippen LogP contribution is 2.32. The van der Waals surface area contributed by atoms with Crippen molar-refractivity contribution in [1.82, 2.24) is 9.97 Å². The number of nitrogen functional groups attached to an aromatic ring is 1. The first-order valence-electron chi connectivity index (χ1n) is 7.52. The Morgan fingerprint density at radius 3 is 2.73 bits per heavy atom. The fourth-order valence-corrected chi connectivity index (χ4v) is 3.03. The first-order valence-corrected chi connectivity index (χ1v) is 7.52. The minimum absolute atomic E-state index is 0.0235. The first kappa shape index (κ1) is 14.6. The summed E-state index contributed by atoms with van der Waals surface area (Å²) in [7, 11) is 0. The van der Waals surface area contributed by atoms with E-state index in [4.69, 9.17) is 11.1 Å². The van der Waals surface area contributed by atoms with E-state index in [0.29, 0.717) is 40.5 Å². The van der Waals surface area contributed by atoms with E-state index in [9.17, 15) is 4.39 Å². The Hall–Kier alpha value is -2.30. The van der Waals surface area contributed by atoms with E-state index < -0.39 is 0 Å². The van der Waals surface area contributed by atoms with Crippen LogP contribution in [0.3, 0.4) is 0 Å². The van der Waals surface area contributed by atoms with Gasteiger partial charge in [-0.1, -0.05) is 26.0 Å². The highest BCUT2D eigenvalue weighted by Gasteiger charge is 2.23. The number of anilines is 1. The molecular formula is C17H19FN4. The molecule has 0 saturated heterocycles. The highest BCUT2D eigenvalue weighted by atomic mass is 19.1. The van der Waals surface area contributed by atoms with Crippen molar-refractivity contribution < 1.29 is 4.39 Å². The molecule has 22 heavy (non-hydrogen) atoms. The summed E-state index contributed by atoms with van der Waals surface area (Å²) in [6.45, 7) is 3.89. The number of nitrogens with zero attached hydrogens (tertiary/aromatic N) is 2. The van der Waals surface area contributed by atoms with Gasteiger partial charge in [0.1, 0.15) is 11.6 Å². The van der Waals surface area contributed by atoms with Crippen LogP contribution >= 0.6 is 0 Å². The van der Waals surface area contributed by atoms with Crippen LogP contribution in [-0.2, 0) is 6.42 Å². The molecule has 1 heterocycles. The highest BCUT2D eigenvalue weighted by molar-refractivity contribution is 6.03. The summed E-state index contributed by atoms with van der Waals surface area (Å²) in [4.78, 5) is 8.93. The Morgan fingerprint density at radius 2 is 2.00 bits per heavy atom. The molecule has 0 spiro atoms. The van der Waals surface area contributed by atoms with Crippen LogP contribution in [0.4, 0.5) is 10.2 Å². The molecule has 0 unspecified atom stereocenters. The van der Waals surface area contributed by atoms with Crippen LogP contribution in [0.1, 0.15) is 49.4 Å². The third kappa shape index (κ3) is 2.36. The first-order chi connectivity index (χ1) is 10.5. The second kappa shape index (κ2) is 5.48. The molecule has 1 aliphatic carbocycles. The maximum Gasteiger partial charge on any atom is 0.162 e. The number of nitrogens with one attached hydrogen (secondary N) is 1. The van der Waals surface area contributed by atoms with Crippen molar-refractivity contribution >= 4 is 11.5 Å². The van der Waals surface area contributed by atoms with Crippen LogP contribution in [0.15, 0.2) is 18.2 Å². The summed E-state index contributed by atoms with van der Waals surface area (Å²) in [6, 6.07) is 4.95. The molecule has 0 aliphatic heterocycles. The van der Waals surface area contributed by atoms with E-state index >= 15 is 0 Å². The second-order valence-corrected chi connectivity index (χ2v) is 5.94. The minimum atomic E-state index is -0.250. The summed E-state index contributed by atoms with van der Waals surface area (Å²) < 4.78 is 14.2. The zero-order valence-corrected chi connectivity index (χ0v) is 12.8. The zero-order chi connectivity index (χ0) is 15.9. The lowest BCUT2D eigenvalue weighted by Crippen LogP contribution is -2.17. The largest absolute Gasteiger partial charge is 0.383 e. The normalized spacial score (nSPS) is 14.3. The van der Waals surface area contributed by atoms with E-state index in [0.717, 1.165) is 18.5 Å². The predicted octanol–water partition coefficient (Wildman–Crippen LogP) is 3.69. The molecule has 5 heteroatoms. The molecule has 0 fully saturated rings. The third-order valence-electron chi connectivity index (χ3n) is 4.03. The lowest BCUT2D eigenvalue weighted by atomic mass is 9.93. The average molecular weight is 298 g/mol. The fourth-order valence-electron chi connectivity index (χ4n) is 3.03. The molecule has 3 N–H and O–H groups in total. The number of halogens is 1. The van der Waals surface area contributed by atoms with Gasteiger partial charge in [-0.05, 0) is 31.2 Å². The number of hydrogen-bond acceptors (Lipinski definition) is 4. The van der Waals surface area contributed by atoms with Gasteiger partial charge in [0.25, 0.3) is 0 Å². The van der Waals surface area contributed by atoms with Gasteiger partial charge in [-0.25, -0.2) is 14.4 Å². The van der Waals surface area contributed by atoms with Crippen molar-refractivity contribution in [2.75, 3.05) is 5.73 Å². The summed E-state index contributed by atoms with van der Waals surface area (Å²) in [6.07, 6.45) is 2.38. The SMILES string of the molecule is CC(C)c1c(F)cccc1-c1nc(N)c2c(n1)CCCC2=N. The van der Waals surface area contributed by atoms with Crippen molar-refractivity contribution in [3.8, 4) is 11.4 Å². The number of aromatic nitrogens is 2. The average Bonchev–Trinajstić information content (AvgIpc) is 2.46. The molecule has 0 amide bonds. The standard InChI is InChI=1S/C17H19FN4/c1-9(2)14-10(5-3-6-11(14)18)17-21-13-8-4-7-12(19)15(13)16(20)22-17/h3,5-6,9,19H,4,7-8H2,1-2H3,(H2,20,21,22). The number of fused-ring (bicyclic) bond motifs is 1. The Bertz CT molecular complexity index is 753. The number of benzene rings is 1. The Balaban J connectivity index is 2.21. The van der Waals surface area contributed by atoms with Gasteiger partial charge in [0, 0.05) is 16.8 Å². The minimum Gasteiger partial charge on any atom is -0.383 e. The fraction of sp³-hybridized carbons (Fsp3) is 0.353. The molecule has 0 atom stereocenters. The Labute approximate surface area is 129 Å². The molecular weight excluding hydrogens is 279 g/mol. The topological polar surface area (TPSA) is 75.7 Å². The van der Waals surface area contributed by atoms with Gasteiger partial charge in [0.2, 0.25) is 0 Å². The van der Waals surface area contributed by atoms with Gasteiger partial charge in [0.15, 0.2) is 5.82 Å². The van der Waals surface area contributed by atoms with Crippen molar-refractivity contribution in [3.63, 3.8) is 0 Å². The van der Waals surface area contributed by atoms with Crippen LogP contribution in [0, 0.1) is 11.2 Å². The van der Waals surface area contributed by atoms with Crippen LogP contribution in [0.2, 0.25) is 0 Å². The lowest BCUT2D eigenvalue weighted by molar-refractivity contribution is 0.599. The van der Waals surface area contributed by atoms with Crippen molar-refractivity contribution in [2.45, 2.75) is 39.0 Å². The van der Waals surface area contributed by atoms with Crippen molar-refractivity contribution in [1.29, 1.82) is 5.41 Å². The quantitative estimate of drug-likeness (QED) is 0.887. The lowest BCUT2D eigenvalue weighted by Gasteiger charge is -2.19. The zero-order valence-electron chi connectivity index (χ0n) is 12.8. The molecule has 1 aromatic carbocycles. The van der Waals surface area contributed by atoms with Crippen LogP contribution in [0.25, 0.3) is 11.4 Å². The van der Waals surface area contributed by atoms with E-state index in [1.807, 2.05) is 19.9 Å². The summed E-state index contributed by atoms with van der Waals surface area (Å²) >= 11 is 0. The van der Waals surface area contributed by atoms with E-state index in [1.54, 1.807) is 6.07 Å². The summed E-state index contributed by atoms with van der Waals surface area (Å²) in [5.41, 5.74) is 9.30. The van der Waals surface area contributed by atoms with Gasteiger partial charge in [-0.3, -0.25) is 0 Å². The number of rotatable bonds is 2. The molecule has 4 nitrogen and oxygen atoms in total. The van der Waals surface area contributed by atoms with Crippen LogP contribution < -0.4 is 5.73 Å². The van der Waals surface area contributed by atoms with Crippen molar-refractivity contribution in [2.24, 2.45) is 0 Å². The maximum absolute atomic E-state index is 14.2. The predicted molar refractivity (Wildman–Crippen MR) is 85.7 cm³/mol. The van der Waals surface area contributed by atoms with Crippen molar-refractivity contribution in [3.05, 3.63) is 40.8 Å². The van der Waals surface area contributed by atoms with Crippen LogP contribution in [-0.4, -0.2) is 15.7 Å². The summed E-state index contributed by atoms with van der Waals surface area (Å²) in [5.74, 6) is 0.549. The molecule has 0 radical (unpaired) electrons. The Morgan fingerprint density at radius 1 is 1.23 bits per heavy atom. The molecule has 0 bridgehead atoms. The molecule has 0 saturated carbocycles. The van der Waals surface area contributed by atoms with Gasteiger partial charge in [0.05, 0.1) is 11.3 Å². The molecule has 2 aromatic rings. The van der Waals surface area contributed by atoms with E-state index in [2.05, 4.69) is 9.97 Å². The van der Waals surface area contributed by atoms with Gasteiger partial charge in [-0.15, -0.1) is 0 Å². The second-order valence-electron chi connectivity index (χ2n) is 5.94. The number of aryl methyl sites for hydroxylation is 1. The van der Waals surface area contributed by atoms with Gasteiger partial charge >= 0.3 is 0 Å². The van der Waals surface area contributed by atoms with Gasteiger partial charge in [-0.2, -0.15) is 0 Å². The van der Waals surface area contributed by atoms with Crippen LogP contribution in [0.5, 0.6) is 0 Å².